The number of benzene rings is 1. The van der Waals surface area contributed by atoms with Gasteiger partial charge in [0.1, 0.15) is 11.0 Å². The van der Waals surface area contributed by atoms with E-state index in [2.05, 4.69) is 20.2 Å². The Morgan fingerprint density at radius 2 is 2.00 bits per heavy atom. The number of nitrogens with zero attached hydrogens (tertiary/aromatic N) is 5. The van der Waals surface area contributed by atoms with E-state index >= 15 is 0 Å². The van der Waals surface area contributed by atoms with E-state index in [9.17, 15) is 8.42 Å². The van der Waals surface area contributed by atoms with Gasteiger partial charge >= 0.3 is 0 Å². The van der Waals surface area contributed by atoms with Gasteiger partial charge in [-0.1, -0.05) is 6.07 Å². The van der Waals surface area contributed by atoms with Crippen LogP contribution in [0.2, 0.25) is 0 Å². The van der Waals surface area contributed by atoms with E-state index in [4.69, 9.17) is 9.37 Å². The highest BCUT2D eigenvalue weighted by Crippen LogP contribution is 2.17. The number of ether oxygens (including phenoxy) is 1. The van der Waals surface area contributed by atoms with E-state index in [0.717, 1.165) is 16.8 Å². The molecule has 146 valence electrons. The molecule has 9 nitrogen and oxygen atoms in total. The molecule has 3 rings (SSSR count). The molecule has 2 heterocycles. The van der Waals surface area contributed by atoms with Crippen LogP contribution in [0.25, 0.3) is 11.0 Å². The lowest BCUT2D eigenvalue weighted by atomic mass is 10.2. The second-order valence-electron chi connectivity index (χ2n) is 6.56. The molecule has 0 aliphatic rings. The highest BCUT2D eigenvalue weighted by atomic mass is 32.2. The van der Waals surface area contributed by atoms with Crippen molar-refractivity contribution in [2.24, 2.45) is 0 Å². The van der Waals surface area contributed by atoms with Crippen molar-refractivity contribution < 1.29 is 17.8 Å². The van der Waals surface area contributed by atoms with Crippen molar-refractivity contribution in [2.75, 3.05) is 27.0 Å². The SMILES string of the molecule is COCCCn1c(CN(C)Cc2ccc3nonc3c2)cnc1S(C)(=O)=O. The van der Waals surface area contributed by atoms with Crippen molar-refractivity contribution in [3.8, 4) is 0 Å². The van der Waals surface area contributed by atoms with Crippen LogP contribution in [-0.2, 0) is 34.2 Å². The first-order chi connectivity index (χ1) is 12.9. The number of hydrogen-bond donors (Lipinski definition) is 0. The van der Waals surface area contributed by atoms with Crippen molar-refractivity contribution in [3.05, 3.63) is 35.7 Å². The maximum absolute atomic E-state index is 12.0. The summed E-state index contributed by atoms with van der Waals surface area (Å²) in [6, 6.07) is 5.77. The average molecular weight is 393 g/mol. The summed E-state index contributed by atoms with van der Waals surface area (Å²) in [6.45, 7) is 2.32. The normalized spacial score (nSPS) is 12.3. The van der Waals surface area contributed by atoms with Gasteiger partial charge in [-0.05, 0) is 41.5 Å². The van der Waals surface area contributed by atoms with Crippen LogP contribution >= 0.6 is 0 Å². The molecule has 0 aliphatic carbocycles. The smallest absolute Gasteiger partial charge is 0.227 e. The lowest BCUT2D eigenvalue weighted by Crippen LogP contribution is -2.21. The minimum atomic E-state index is -3.40. The summed E-state index contributed by atoms with van der Waals surface area (Å²) in [5.74, 6) is 0. The molecule has 0 fully saturated rings. The van der Waals surface area contributed by atoms with E-state index in [-0.39, 0.29) is 5.16 Å². The van der Waals surface area contributed by atoms with Gasteiger partial charge in [0.05, 0.1) is 11.9 Å². The van der Waals surface area contributed by atoms with Gasteiger partial charge < -0.3 is 9.30 Å². The second-order valence-corrected chi connectivity index (χ2v) is 8.47. The number of aromatic nitrogens is 4. The van der Waals surface area contributed by atoms with E-state index in [0.29, 0.717) is 38.2 Å². The Hall–Kier alpha value is -2.30. The molecule has 10 heteroatoms. The van der Waals surface area contributed by atoms with Crippen LogP contribution in [0.15, 0.2) is 34.2 Å². The Labute approximate surface area is 157 Å². The summed E-state index contributed by atoms with van der Waals surface area (Å²) >= 11 is 0. The van der Waals surface area contributed by atoms with Gasteiger partial charge in [0, 0.05) is 39.6 Å². The zero-order chi connectivity index (χ0) is 19.4. The van der Waals surface area contributed by atoms with Crippen LogP contribution in [-0.4, -0.2) is 60.2 Å². The molecule has 0 saturated carbocycles. The number of hydrogen-bond acceptors (Lipinski definition) is 8. The molecule has 0 saturated heterocycles. The zero-order valence-corrected chi connectivity index (χ0v) is 16.4. The Bertz CT molecular complexity index is 1010. The Balaban J connectivity index is 1.75. The number of imidazole rings is 1. The molecule has 1 aromatic carbocycles. The van der Waals surface area contributed by atoms with Gasteiger partial charge in [0.15, 0.2) is 0 Å². The van der Waals surface area contributed by atoms with Gasteiger partial charge in [-0.25, -0.2) is 18.0 Å². The highest BCUT2D eigenvalue weighted by molar-refractivity contribution is 7.90. The molecule has 27 heavy (non-hydrogen) atoms. The maximum Gasteiger partial charge on any atom is 0.227 e. The van der Waals surface area contributed by atoms with Crippen molar-refractivity contribution in [1.82, 2.24) is 24.8 Å². The number of methoxy groups -OCH3 is 1. The number of rotatable bonds is 9. The predicted octanol–water partition coefficient (Wildman–Crippen LogP) is 1.49. The molecule has 0 spiro atoms. The topological polar surface area (TPSA) is 103 Å². The maximum atomic E-state index is 12.0. The first kappa shape index (κ1) is 19.5. The standard InChI is InChI=1S/C17H23N5O4S/c1-21(11-13-5-6-15-16(9-13)20-26-19-15)12-14-10-18-17(27(3,23)24)22(14)7-4-8-25-2/h5-6,9-10H,4,7-8,11-12H2,1-3H3. The quantitative estimate of drug-likeness (QED) is 0.504. The van der Waals surface area contributed by atoms with Crippen molar-refractivity contribution >= 4 is 20.9 Å². The van der Waals surface area contributed by atoms with Gasteiger partial charge in [-0.15, -0.1) is 0 Å². The third-order valence-corrected chi connectivity index (χ3v) is 5.16. The molecule has 0 atom stereocenters. The molecule has 2 aromatic heterocycles. The zero-order valence-electron chi connectivity index (χ0n) is 15.6. The molecule has 0 amide bonds. The molecule has 3 aromatic rings. The van der Waals surface area contributed by atoms with E-state index in [1.807, 2.05) is 25.2 Å². The summed E-state index contributed by atoms with van der Waals surface area (Å²) in [5.41, 5.74) is 3.34. The fraction of sp³-hybridized carbons (Fsp3) is 0.471. The van der Waals surface area contributed by atoms with Gasteiger partial charge in [0.2, 0.25) is 15.0 Å². The monoisotopic (exact) mass is 393 g/mol. The molecule has 0 unspecified atom stereocenters. The van der Waals surface area contributed by atoms with Gasteiger partial charge in [-0.2, -0.15) is 0 Å². The van der Waals surface area contributed by atoms with E-state index in [1.54, 1.807) is 17.9 Å². The van der Waals surface area contributed by atoms with Crippen molar-refractivity contribution in [2.45, 2.75) is 31.2 Å². The first-order valence-corrected chi connectivity index (χ1v) is 10.4. The summed E-state index contributed by atoms with van der Waals surface area (Å²) in [5, 5.41) is 7.76. The lowest BCUT2D eigenvalue weighted by Gasteiger charge is -2.18. The molecular formula is C17H23N5O4S. The molecular weight excluding hydrogens is 370 g/mol. The predicted molar refractivity (Wildman–Crippen MR) is 98.8 cm³/mol. The lowest BCUT2D eigenvalue weighted by molar-refractivity contribution is 0.188. The van der Waals surface area contributed by atoms with Gasteiger partial charge in [0.25, 0.3) is 0 Å². The number of fused-ring (bicyclic) bond motifs is 1. The van der Waals surface area contributed by atoms with Gasteiger partial charge in [-0.3, -0.25) is 4.90 Å². The number of sulfone groups is 1. The van der Waals surface area contributed by atoms with Crippen LogP contribution in [0.1, 0.15) is 17.7 Å². The van der Waals surface area contributed by atoms with Crippen LogP contribution in [0, 0.1) is 0 Å². The van der Waals surface area contributed by atoms with Crippen LogP contribution in [0.5, 0.6) is 0 Å². The van der Waals surface area contributed by atoms with E-state index in [1.165, 1.54) is 6.26 Å². The summed E-state index contributed by atoms with van der Waals surface area (Å²) in [7, 11) is 0.201. The summed E-state index contributed by atoms with van der Waals surface area (Å²) in [6.07, 6.45) is 3.52. The summed E-state index contributed by atoms with van der Waals surface area (Å²) < 4.78 is 35.6. The molecule has 0 radical (unpaired) electrons. The Morgan fingerprint density at radius 3 is 2.74 bits per heavy atom. The van der Waals surface area contributed by atoms with Crippen molar-refractivity contribution in [3.63, 3.8) is 0 Å². The minimum Gasteiger partial charge on any atom is -0.385 e. The molecule has 0 aliphatic heterocycles. The van der Waals surface area contributed by atoms with Crippen molar-refractivity contribution in [1.29, 1.82) is 0 Å². The third-order valence-electron chi connectivity index (χ3n) is 4.17. The minimum absolute atomic E-state index is 0.0945. The van der Waals surface area contributed by atoms with Crippen LogP contribution in [0.3, 0.4) is 0 Å². The summed E-state index contributed by atoms with van der Waals surface area (Å²) in [4.78, 5) is 6.22. The Kier molecular flexibility index (Phi) is 5.88. The fourth-order valence-electron chi connectivity index (χ4n) is 2.99. The largest absolute Gasteiger partial charge is 0.385 e. The average Bonchev–Trinajstić information content (AvgIpc) is 3.21. The third kappa shape index (κ3) is 4.71. The highest BCUT2D eigenvalue weighted by Gasteiger charge is 2.19. The fourth-order valence-corrected chi connectivity index (χ4v) is 3.84. The van der Waals surface area contributed by atoms with Crippen LogP contribution in [0.4, 0.5) is 0 Å². The molecule has 0 bridgehead atoms. The van der Waals surface area contributed by atoms with Crippen LogP contribution < -0.4 is 0 Å². The molecule has 0 N–H and O–H groups in total. The second kappa shape index (κ2) is 8.15. The Morgan fingerprint density at radius 1 is 1.22 bits per heavy atom. The van der Waals surface area contributed by atoms with E-state index < -0.39 is 9.84 Å². The first-order valence-electron chi connectivity index (χ1n) is 8.51.